The Hall–Kier alpha value is -1.93. The minimum Gasteiger partial charge on any atom is -0.396 e. The van der Waals surface area contributed by atoms with E-state index in [-0.39, 0.29) is 18.1 Å². The van der Waals surface area contributed by atoms with Crippen molar-refractivity contribution in [3.05, 3.63) is 22.2 Å². The Balaban J connectivity index is 3.08. The van der Waals surface area contributed by atoms with E-state index in [0.717, 1.165) is 0 Å². The fourth-order valence-electron chi connectivity index (χ4n) is 1.43. The molecule has 0 unspecified atom stereocenters. The number of nitro groups is 1. The van der Waals surface area contributed by atoms with Crippen molar-refractivity contribution < 1.29 is 10.0 Å². The molecule has 0 spiro atoms. The van der Waals surface area contributed by atoms with Crippen LogP contribution >= 0.6 is 0 Å². The van der Waals surface area contributed by atoms with Crippen LogP contribution in [0.3, 0.4) is 0 Å². The summed E-state index contributed by atoms with van der Waals surface area (Å²) >= 11 is 0. The smallest absolute Gasteiger partial charge is 0.311 e. The number of nitrogens with zero attached hydrogens (tertiary/aromatic N) is 2. The van der Waals surface area contributed by atoms with Crippen LogP contribution in [0.5, 0.6) is 0 Å². The molecule has 0 atom stereocenters. The van der Waals surface area contributed by atoms with E-state index in [2.05, 4.69) is 15.7 Å². The molecule has 1 rings (SSSR count). The second-order valence-electron chi connectivity index (χ2n) is 4.45. The molecule has 0 saturated carbocycles. The van der Waals surface area contributed by atoms with Crippen molar-refractivity contribution in [2.75, 3.05) is 17.3 Å². The molecule has 0 saturated heterocycles. The predicted molar refractivity (Wildman–Crippen MR) is 68.1 cm³/mol. The van der Waals surface area contributed by atoms with Gasteiger partial charge in [-0.15, -0.1) is 0 Å². The minimum atomic E-state index is -0.523. The standard InChI is InChI=1S/C10H17N5O3/c1-10(2,5-6-16)13-9-7(15(17)18)3-4-8(12-9)14-11/h3-4,16H,5-6,11H2,1-2H3,(H2,12,13,14). The number of pyridine rings is 1. The molecule has 1 heterocycles. The van der Waals surface area contributed by atoms with Gasteiger partial charge in [-0.05, 0) is 26.3 Å². The van der Waals surface area contributed by atoms with E-state index in [1.165, 1.54) is 12.1 Å². The van der Waals surface area contributed by atoms with Crippen molar-refractivity contribution in [2.24, 2.45) is 5.84 Å². The maximum atomic E-state index is 10.9. The Morgan fingerprint density at radius 1 is 1.56 bits per heavy atom. The zero-order chi connectivity index (χ0) is 13.8. The summed E-state index contributed by atoms with van der Waals surface area (Å²) in [7, 11) is 0. The Morgan fingerprint density at radius 3 is 2.72 bits per heavy atom. The lowest BCUT2D eigenvalue weighted by atomic mass is 10.0. The normalized spacial score (nSPS) is 11.1. The highest BCUT2D eigenvalue weighted by Gasteiger charge is 2.23. The van der Waals surface area contributed by atoms with Crippen molar-refractivity contribution in [3.8, 4) is 0 Å². The van der Waals surface area contributed by atoms with Crippen LogP contribution in [0.2, 0.25) is 0 Å². The van der Waals surface area contributed by atoms with Crippen LogP contribution in [-0.4, -0.2) is 27.2 Å². The number of anilines is 2. The summed E-state index contributed by atoms with van der Waals surface area (Å²) in [6.45, 7) is 3.61. The number of nitrogen functional groups attached to an aromatic ring is 1. The predicted octanol–water partition coefficient (Wildman–Crippen LogP) is 0.848. The van der Waals surface area contributed by atoms with Gasteiger partial charge in [0, 0.05) is 18.2 Å². The van der Waals surface area contributed by atoms with Crippen molar-refractivity contribution in [1.82, 2.24) is 4.98 Å². The minimum absolute atomic E-state index is 0.0252. The van der Waals surface area contributed by atoms with Crippen molar-refractivity contribution in [3.63, 3.8) is 0 Å². The average molecular weight is 255 g/mol. The molecular formula is C10H17N5O3. The van der Waals surface area contributed by atoms with Gasteiger partial charge < -0.3 is 15.8 Å². The number of aromatic nitrogens is 1. The van der Waals surface area contributed by atoms with E-state index >= 15 is 0 Å². The molecule has 1 aromatic rings. The van der Waals surface area contributed by atoms with Crippen molar-refractivity contribution in [2.45, 2.75) is 25.8 Å². The number of nitrogens with one attached hydrogen (secondary N) is 2. The summed E-state index contributed by atoms with van der Waals surface area (Å²) in [5.41, 5.74) is 1.68. The van der Waals surface area contributed by atoms with Crippen LogP contribution in [0, 0.1) is 10.1 Å². The van der Waals surface area contributed by atoms with Crippen LogP contribution in [0.4, 0.5) is 17.3 Å². The molecular weight excluding hydrogens is 238 g/mol. The molecule has 0 radical (unpaired) electrons. The third kappa shape index (κ3) is 3.54. The first kappa shape index (κ1) is 14.1. The van der Waals surface area contributed by atoms with Crippen LogP contribution in [0.15, 0.2) is 12.1 Å². The third-order valence-electron chi connectivity index (χ3n) is 2.41. The van der Waals surface area contributed by atoms with Crippen molar-refractivity contribution >= 4 is 17.3 Å². The maximum Gasteiger partial charge on any atom is 0.311 e. The monoisotopic (exact) mass is 255 g/mol. The quantitative estimate of drug-likeness (QED) is 0.337. The average Bonchev–Trinajstić information content (AvgIpc) is 2.27. The Kier molecular flexibility index (Phi) is 4.40. The Morgan fingerprint density at radius 2 is 2.22 bits per heavy atom. The first-order chi connectivity index (χ1) is 8.39. The van der Waals surface area contributed by atoms with Gasteiger partial charge in [-0.25, -0.2) is 10.8 Å². The van der Waals surface area contributed by atoms with Gasteiger partial charge in [0.05, 0.1) is 4.92 Å². The fourth-order valence-corrected chi connectivity index (χ4v) is 1.43. The molecule has 0 aliphatic heterocycles. The number of aliphatic hydroxyl groups excluding tert-OH is 1. The number of rotatable bonds is 6. The molecule has 1 aromatic heterocycles. The van der Waals surface area contributed by atoms with Gasteiger partial charge in [-0.3, -0.25) is 10.1 Å². The largest absolute Gasteiger partial charge is 0.396 e. The number of hydrogen-bond acceptors (Lipinski definition) is 7. The zero-order valence-corrected chi connectivity index (χ0v) is 10.3. The van der Waals surface area contributed by atoms with Gasteiger partial charge >= 0.3 is 5.69 Å². The van der Waals surface area contributed by atoms with Gasteiger partial charge in [0.25, 0.3) is 0 Å². The molecule has 8 heteroatoms. The Labute approximate surface area is 104 Å². The van der Waals surface area contributed by atoms with E-state index in [4.69, 9.17) is 10.9 Å². The van der Waals surface area contributed by atoms with E-state index in [9.17, 15) is 10.1 Å². The highest BCUT2D eigenvalue weighted by Crippen LogP contribution is 2.27. The molecule has 0 fully saturated rings. The lowest BCUT2D eigenvalue weighted by molar-refractivity contribution is -0.384. The first-order valence-corrected chi connectivity index (χ1v) is 5.41. The Bertz CT molecular complexity index is 436. The lowest BCUT2D eigenvalue weighted by Gasteiger charge is -2.25. The SMILES string of the molecule is CC(C)(CCO)Nc1nc(NN)ccc1[N+](=O)[O-]. The van der Waals surface area contributed by atoms with E-state index in [0.29, 0.717) is 12.2 Å². The topological polar surface area (TPSA) is 126 Å². The zero-order valence-electron chi connectivity index (χ0n) is 10.3. The first-order valence-electron chi connectivity index (χ1n) is 5.41. The van der Waals surface area contributed by atoms with Crippen LogP contribution in [0.25, 0.3) is 0 Å². The molecule has 0 aliphatic carbocycles. The summed E-state index contributed by atoms with van der Waals surface area (Å²) in [4.78, 5) is 14.4. The van der Waals surface area contributed by atoms with E-state index in [1.54, 1.807) is 0 Å². The van der Waals surface area contributed by atoms with E-state index < -0.39 is 10.5 Å². The highest BCUT2D eigenvalue weighted by atomic mass is 16.6. The summed E-state index contributed by atoms with van der Waals surface area (Å²) in [5.74, 6) is 5.66. The van der Waals surface area contributed by atoms with Gasteiger partial charge in [-0.2, -0.15) is 0 Å². The second-order valence-corrected chi connectivity index (χ2v) is 4.45. The summed E-state index contributed by atoms with van der Waals surface area (Å²) in [6, 6.07) is 2.74. The molecule has 0 amide bonds. The molecule has 100 valence electrons. The van der Waals surface area contributed by atoms with Gasteiger partial charge in [-0.1, -0.05) is 0 Å². The lowest BCUT2D eigenvalue weighted by Crippen LogP contribution is -2.32. The van der Waals surface area contributed by atoms with Crippen molar-refractivity contribution in [1.29, 1.82) is 0 Å². The highest BCUT2D eigenvalue weighted by molar-refractivity contribution is 5.60. The summed E-state index contributed by atoms with van der Waals surface area (Å²) in [6.07, 6.45) is 0.437. The number of aliphatic hydroxyl groups is 1. The third-order valence-corrected chi connectivity index (χ3v) is 2.41. The molecule has 0 bridgehead atoms. The van der Waals surface area contributed by atoms with Crippen LogP contribution in [0.1, 0.15) is 20.3 Å². The summed E-state index contributed by atoms with van der Waals surface area (Å²) < 4.78 is 0. The summed E-state index contributed by atoms with van der Waals surface area (Å²) in [5, 5.41) is 22.8. The number of hydrogen-bond donors (Lipinski definition) is 4. The maximum absolute atomic E-state index is 10.9. The van der Waals surface area contributed by atoms with Crippen LogP contribution < -0.4 is 16.6 Å². The second kappa shape index (κ2) is 5.61. The fraction of sp³-hybridized carbons (Fsp3) is 0.500. The molecule has 0 aromatic carbocycles. The molecule has 8 nitrogen and oxygen atoms in total. The van der Waals surface area contributed by atoms with Crippen LogP contribution in [-0.2, 0) is 0 Å². The number of hydrazine groups is 1. The van der Waals surface area contributed by atoms with Gasteiger partial charge in [0.15, 0.2) is 0 Å². The molecule has 0 aliphatic rings. The molecule has 5 N–H and O–H groups in total. The van der Waals surface area contributed by atoms with Gasteiger partial charge in [0.2, 0.25) is 5.82 Å². The van der Waals surface area contributed by atoms with E-state index in [1.807, 2.05) is 13.8 Å². The van der Waals surface area contributed by atoms with Gasteiger partial charge in [0.1, 0.15) is 5.82 Å². The molecule has 18 heavy (non-hydrogen) atoms. The number of nitrogens with two attached hydrogens (primary N) is 1.